The molecule has 4 aromatic carbocycles. The summed E-state index contributed by atoms with van der Waals surface area (Å²) in [6.45, 7) is -0.104. The molecular weight excluding hydrogens is 694 g/mol. The van der Waals surface area contributed by atoms with E-state index in [1.165, 1.54) is 0 Å². The van der Waals surface area contributed by atoms with Gasteiger partial charge in [-0.25, -0.2) is 4.79 Å². The highest BCUT2D eigenvalue weighted by molar-refractivity contribution is 5.94. The minimum atomic E-state index is -1.18. The number of aromatic amines is 1. The number of nitrogens with zero attached hydrogens (tertiary/aromatic N) is 3. The Bertz CT molecular complexity index is 2260. The van der Waals surface area contributed by atoms with Gasteiger partial charge in [-0.05, 0) is 58.1 Å². The molecule has 0 radical (unpaired) electrons. The van der Waals surface area contributed by atoms with Crippen LogP contribution in [-0.4, -0.2) is 70.7 Å². The minimum Gasteiger partial charge on any atom is -0.497 e. The van der Waals surface area contributed by atoms with Crippen LogP contribution in [0.3, 0.4) is 0 Å². The topological polar surface area (TPSA) is 174 Å². The minimum absolute atomic E-state index is 0.00652. The number of aliphatic hydroxyl groups excluding tert-OH is 1. The van der Waals surface area contributed by atoms with Gasteiger partial charge >= 0.3 is 11.5 Å². The van der Waals surface area contributed by atoms with E-state index in [1.54, 1.807) is 38.5 Å². The molecule has 1 aromatic heterocycles. The van der Waals surface area contributed by atoms with Crippen molar-refractivity contribution in [3.8, 4) is 11.5 Å². The molecule has 5 aromatic rings. The van der Waals surface area contributed by atoms with Crippen molar-refractivity contribution in [1.29, 1.82) is 0 Å². The SMILES string of the molecule is COc1ccc(C(OC[C@H]2O[C@@H](n3cc(C(=O)NCCC4=Nc5ccccc5[N+]4=O)c(=O)[nH]c3=O)C[C@@H]2O)(c2ccccc2)c2ccc(OC)cc2)cc1. The highest BCUT2D eigenvalue weighted by atomic mass is 16.6. The molecule has 54 heavy (non-hydrogen) atoms. The summed E-state index contributed by atoms with van der Waals surface area (Å²) < 4.78 is 25.7. The number of aromatic nitrogens is 2. The molecular formula is C40H38N5O9+. The van der Waals surface area contributed by atoms with Crippen molar-refractivity contribution in [2.45, 2.75) is 36.9 Å². The van der Waals surface area contributed by atoms with E-state index in [0.29, 0.717) is 27.6 Å². The standard InChI is InChI=1S/C40H37N5O9/c1-51-28-16-12-26(13-17-28)40(25-8-4-3-5-9-25,27-14-18-29(52-2)19-15-27)53-24-34-33(46)22-36(54-34)44-23-30(38(48)43-39(44)49)37(47)41-21-20-35-42-31-10-6-7-11-32(31)45(35)50/h3-19,23,33-34,36,46H,20-22,24H2,1-2H3,(H-,41,43,47,48,49)/p+1/t33-,34+,36+/m0/s1. The molecule has 0 spiro atoms. The van der Waals surface area contributed by atoms with Crippen LogP contribution in [0, 0.1) is 4.91 Å². The average molecular weight is 733 g/mol. The summed E-state index contributed by atoms with van der Waals surface area (Å²) in [5, 5.41) is 13.9. The van der Waals surface area contributed by atoms with Gasteiger partial charge in [0.05, 0.1) is 33.4 Å². The first-order chi connectivity index (χ1) is 26.2. The van der Waals surface area contributed by atoms with Gasteiger partial charge in [0.15, 0.2) is 0 Å². The number of para-hydroxylation sites is 2. The van der Waals surface area contributed by atoms with E-state index in [1.807, 2.05) is 78.9 Å². The number of nitrogens with one attached hydrogen (secondary N) is 2. The molecule has 3 atom stereocenters. The monoisotopic (exact) mass is 732 g/mol. The number of benzene rings is 4. The van der Waals surface area contributed by atoms with Crippen molar-refractivity contribution in [2.75, 3.05) is 27.4 Å². The molecule has 0 saturated carbocycles. The molecule has 14 nitrogen and oxygen atoms in total. The highest BCUT2D eigenvalue weighted by Gasteiger charge is 2.42. The normalized spacial score (nSPS) is 17.9. The van der Waals surface area contributed by atoms with Gasteiger partial charge in [0.1, 0.15) is 35.0 Å². The Balaban J connectivity index is 1.11. The van der Waals surface area contributed by atoms with E-state index in [4.69, 9.17) is 18.9 Å². The van der Waals surface area contributed by atoms with Crippen LogP contribution >= 0.6 is 0 Å². The molecule has 1 fully saturated rings. The molecule has 0 aliphatic carbocycles. The summed E-state index contributed by atoms with van der Waals surface area (Å²) in [6.07, 6.45) is -1.81. The number of aliphatic imine (C=N–C) groups is 1. The molecule has 3 heterocycles. The number of amides is 1. The number of hydrogen-bond donors (Lipinski definition) is 3. The van der Waals surface area contributed by atoms with Crippen LogP contribution in [0.5, 0.6) is 11.5 Å². The molecule has 1 saturated heterocycles. The molecule has 2 aliphatic rings. The van der Waals surface area contributed by atoms with Crippen molar-refractivity contribution in [1.82, 2.24) is 14.9 Å². The first-order valence-corrected chi connectivity index (χ1v) is 17.3. The van der Waals surface area contributed by atoms with Crippen molar-refractivity contribution in [3.05, 3.63) is 157 Å². The first-order valence-electron chi connectivity index (χ1n) is 17.3. The largest absolute Gasteiger partial charge is 0.497 e. The van der Waals surface area contributed by atoms with Crippen molar-refractivity contribution in [2.24, 2.45) is 4.99 Å². The highest BCUT2D eigenvalue weighted by Crippen LogP contribution is 2.43. The number of fused-ring (bicyclic) bond motifs is 1. The molecule has 1 amide bonds. The van der Waals surface area contributed by atoms with E-state index in [0.717, 1.165) is 27.5 Å². The molecule has 0 bridgehead atoms. The average Bonchev–Trinajstić information content (AvgIpc) is 3.73. The summed E-state index contributed by atoms with van der Waals surface area (Å²) in [5.74, 6) is 0.780. The van der Waals surface area contributed by atoms with Crippen LogP contribution in [-0.2, 0) is 15.1 Å². The number of aliphatic hydroxyl groups is 1. The van der Waals surface area contributed by atoms with Crippen LogP contribution in [0.25, 0.3) is 0 Å². The van der Waals surface area contributed by atoms with Gasteiger partial charge in [0.25, 0.3) is 11.5 Å². The third kappa shape index (κ3) is 6.97. The van der Waals surface area contributed by atoms with Gasteiger partial charge in [-0.2, -0.15) is 0 Å². The van der Waals surface area contributed by atoms with E-state index in [9.17, 15) is 24.4 Å². The maximum atomic E-state index is 13.1. The number of rotatable bonds is 13. The number of carbonyl (C=O) groups is 1. The Kier molecular flexibility index (Phi) is 10.3. The van der Waals surface area contributed by atoms with E-state index in [2.05, 4.69) is 15.3 Å². The van der Waals surface area contributed by atoms with Gasteiger partial charge in [0, 0.05) is 23.9 Å². The fourth-order valence-corrected chi connectivity index (χ4v) is 6.77. The predicted molar refractivity (Wildman–Crippen MR) is 198 cm³/mol. The zero-order valence-corrected chi connectivity index (χ0v) is 29.5. The smallest absolute Gasteiger partial charge is 0.345 e. The van der Waals surface area contributed by atoms with Crippen LogP contribution < -0.4 is 26.0 Å². The number of carbonyl (C=O) groups excluding carboxylic acids is 1. The Morgan fingerprint density at radius 1 is 0.926 bits per heavy atom. The Morgan fingerprint density at radius 3 is 2.17 bits per heavy atom. The third-order valence-corrected chi connectivity index (χ3v) is 9.58. The lowest BCUT2D eigenvalue weighted by Crippen LogP contribution is -2.39. The second-order valence-corrected chi connectivity index (χ2v) is 12.8. The van der Waals surface area contributed by atoms with Crippen LogP contribution in [0.2, 0.25) is 0 Å². The first kappa shape index (κ1) is 36.2. The Labute approximate surface area is 309 Å². The lowest BCUT2D eigenvalue weighted by atomic mass is 9.80. The number of hydrogen-bond acceptors (Lipinski definition) is 10. The second kappa shape index (κ2) is 15.4. The second-order valence-electron chi connectivity index (χ2n) is 12.8. The molecule has 2 aliphatic heterocycles. The molecule has 3 N–H and O–H groups in total. The van der Waals surface area contributed by atoms with Crippen molar-refractivity contribution in [3.63, 3.8) is 0 Å². The number of methoxy groups -OCH3 is 2. The fourth-order valence-electron chi connectivity index (χ4n) is 6.77. The maximum Gasteiger partial charge on any atom is 0.345 e. The Morgan fingerprint density at radius 2 is 1.54 bits per heavy atom. The zero-order chi connectivity index (χ0) is 37.8. The Hall–Kier alpha value is -6.22. The molecule has 0 unspecified atom stereocenters. The van der Waals surface area contributed by atoms with Crippen molar-refractivity contribution < 1.29 is 33.6 Å². The van der Waals surface area contributed by atoms with Gasteiger partial charge in [-0.3, -0.25) is 19.1 Å². The van der Waals surface area contributed by atoms with E-state index in [-0.39, 0.29) is 37.4 Å². The van der Waals surface area contributed by atoms with Gasteiger partial charge in [-0.1, -0.05) is 71.6 Å². The summed E-state index contributed by atoms with van der Waals surface area (Å²) in [6, 6.07) is 31.5. The number of amidine groups is 1. The number of nitroso groups, excluding NO2 is 1. The molecule has 7 rings (SSSR count). The van der Waals surface area contributed by atoms with Crippen molar-refractivity contribution >= 4 is 23.1 Å². The van der Waals surface area contributed by atoms with Gasteiger partial charge < -0.3 is 29.4 Å². The molecule has 14 heteroatoms. The quantitative estimate of drug-likeness (QED) is 0.117. The lowest BCUT2D eigenvalue weighted by molar-refractivity contribution is -0.328. The number of H-pyrrole nitrogens is 1. The number of ether oxygens (including phenoxy) is 4. The van der Waals surface area contributed by atoms with Crippen LogP contribution in [0.15, 0.2) is 124 Å². The lowest BCUT2D eigenvalue weighted by Gasteiger charge is -2.37. The van der Waals surface area contributed by atoms with Gasteiger partial charge in [-0.15, -0.1) is 0 Å². The summed E-state index contributed by atoms with van der Waals surface area (Å²) in [5.41, 5.74) is 0.0862. The fraction of sp³-hybridized carbons (Fsp3) is 0.250. The molecule has 276 valence electrons. The predicted octanol–water partition coefficient (Wildman–Crippen LogP) is 4.49. The summed E-state index contributed by atoms with van der Waals surface area (Å²) >= 11 is 0. The van der Waals surface area contributed by atoms with Gasteiger partial charge in [0.2, 0.25) is 11.4 Å². The summed E-state index contributed by atoms with van der Waals surface area (Å²) in [7, 11) is 3.18. The zero-order valence-electron chi connectivity index (χ0n) is 29.5. The van der Waals surface area contributed by atoms with E-state index >= 15 is 0 Å². The summed E-state index contributed by atoms with van der Waals surface area (Å²) in [4.78, 5) is 58.0. The van der Waals surface area contributed by atoms with Crippen LogP contribution in [0.4, 0.5) is 11.4 Å². The maximum absolute atomic E-state index is 13.1. The third-order valence-electron chi connectivity index (χ3n) is 9.58. The van der Waals surface area contributed by atoms with E-state index < -0.39 is 41.2 Å². The van der Waals surface area contributed by atoms with Crippen LogP contribution in [0.1, 0.15) is 46.1 Å².